The summed E-state index contributed by atoms with van der Waals surface area (Å²) in [6.07, 6.45) is 2.05. The van der Waals surface area contributed by atoms with E-state index in [0.717, 1.165) is 18.5 Å². The second-order valence-corrected chi connectivity index (χ2v) is 6.37. The van der Waals surface area contributed by atoms with Crippen molar-refractivity contribution < 1.29 is 13.6 Å². The number of amides is 1. The van der Waals surface area contributed by atoms with E-state index in [2.05, 4.69) is 16.5 Å². The topological polar surface area (TPSA) is 46.9 Å². The van der Waals surface area contributed by atoms with Crippen LogP contribution in [0.5, 0.6) is 0 Å². The Bertz CT molecular complexity index is 784. The van der Waals surface area contributed by atoms with E-state index in [-0.39, 0.29) is 5.56 Å². The van der Waals surface area contributed by atoms with Crippen molar-refractivity contribution in [2.75, 3.05) is 5.32 Å². The molecule has 4 rings (SSSR count). The van der Waals surface area contributed by atoms with E-state index in [4.69, 9.17) is 0 Å². The van der Waals surface area contributed by atoms with Crippen LogP contribution in [0.4, 0.5) is 14.5 Å². The molecule has 0 unspecified atom stereocenters. The molecular weight excluding hydrogens is 300 g/mol. The molecule has 2 atom stereocenters. The van der Waals surface area contributed by atoms with Gasteiger partial charge in [-0.15, -0.1) is 0 Å². The summed E-state index contributed by atoms with van der Waals surface area (Å²) in [6, 6.07) is 5.89. The lowest BCUT2D eigenvalue weighted by Gasteiger charge is -2.19. The summed E-state index contributed by atoms with van der Waals surface area (Å²) in [5.41, 5.74) is 2.71. The number of anilines is 1. The third kappa shape index (κ3) is 2.24. The maximum Gasteiger partial charge on any atom is 0.282 e. The van der Waals surface area contributed by atoms with E-state index in [1.807, 2.05) is 12.1 Å². The van der Waals surface area contributed by atoms with Crippen molar-refractivity contribution in [1.29, 1.82) is 0 Å². The first-order valence-electron chi connectivity index (χ1n) is 7.80. The molecule has 2 bridgehead atoms. The van der Waals surface area contributed by atoms with Crippen molar-refractivity contribution in [3.63, 3.8) is 0 Å². The van der Waals surface area contributed by atoms with Gasteiger partial charge in [0.25, 0.3) is 12.3 Å². The average molecular weight is 317 g/mol. The van der Waals surface area contributed by atoms with E-state index < -0.39 is 18.0 Å². The number of nitrogens with one attached hydrogen (secondary N) is 1. The number of carbonyl (C=O) groups is 1. The van der Waals surface area contributed by atoms with Crippen LogP contribution in [0.3, 0.4) is 0 Å². The van der Waals surface area contributed by atoms with Crippen molar-refractivity contribution in [3.8, 4) is 0 Å². The number of benzene rings is 1. The van der Waals surface area contributed by atoms with Crippen LogP contribution in [0.25, 0.3) is 0 Å². The van der Waals surface area contributed by atoms with Gasteiger partial charge in [-0.25, -0.2) is 8.78 Å². The minimum atomic E-state index is -2.77. The lowest BCUT2D eigenvalue weighted by molar-refractivity contribution is 0.101. The fourth-order valence-corrected chi connectivity index (χ4v) is 4.06. The number of aromatic nitrogens is 2. The molecule has 6 heteroatoms. The average Bonchev–Trinajstić information content (AvgIpc) is 3.21. The summed E-state index contributed by atoms with van der Waals surface area (Å²) < 4.78 is 27.3. The number of hydrogen-bond donors (Lipinski definition) is 1. The van der Waals surface area contributed by atoms with Gasteiger partial charge in [0.05, 0.1) is 5.56 Å². The zero-order valence-electron chi connectivity index (χ0n) is 12.7. The van der Waals surface area contributed by atoms with E-state index >= 15 is 0 Å². The van der Waals surface area contributed by atoms with Crippen LogP contribution < -0.4 is 5.32 Å². The zero-order valence-corrected chi connectivity index (χ0v) is 12.7. The lowest BCUT2D eigenvalue weighted by atomic mass is 9.90. The molecule has 1 fully saturated rings. The van der Waals surface area contributed by atoms with Gasteiger partial charge in [-0.3, -0.25) is 9.48 Å². The lowest BCUT2D eigenvalue weighted by Crippen LogP contribution is -2.15. The molecule has 2 aliphatic carbocycles. The van der Waals surface area contributed by atoms with Gasteiger partial charge in [-0.2, -0.15) is 5.10 Å². The first kappa shape index (κ1) is 14.4. The van der Waals surface area contributed by atoms with Gasteiger partial charge in [0.15, 0.2) is 0 Å². The highest BCUT2D eigenvalue weighted by Gasteiger charge is 2.38. The van der Waals surface area contributed by atoms with Crippen LogP contribution in [0.2, 0.25) is 0 Å². The van der Waals surface area contributed by atoms with Gasteiger partial charge in [0, 0.05) is 18.9 Å². The number of fused-ring (bicyclic) bond motifs is 5. The zero-order chi connectivity index (χ0) is 16.1. The molecular formula is C17H17F2N3O. The first-order valence-corrected chi connectivity index (χ1v) is 7.80. The van der Waals surface area contributed by atoms with Crippen molar-refractivity contribution in [3.05, 3.63) is 46.8 Å². The number of aryl methyl sites for hydroxylation is 1. The fraction of sp³-hybridized carbons (Fsp3) is 0.412. The maximum absolute atomic E-state index is 13.0. The van der Waals surface area contributed by atoms with Crippen molar-refractivity contribution >= 4 is 11.6 Å². The van der Waals surface area contributed by atoms with Crippen LogP contribution in [0.1, 0.15) is 64.7 Å². The van der Waals surface area contributed by atoms with Gasteiger partial charge in [-0.05, 0) is 48.3 Å². The second kappa shape index (κ2) is 5.15. The summed E-state index contributed by atoms with van der Waals surface area (Å²) >= 11 is 0. The normalized spacial score (nSPS) is 21.7. The molecule has 120 valence electrons. The van der Waals surface area contributed by atoms with E-state index in [0.29, 0.717) is 11.8 Å². The Kier molecular flexibility index (Phi) is 3.21. The third-order valence-electron chi connectivity index (χ3n) is 4.98. The molecule has 0 radical (unpaired) electrons. The van der Waals surface area contributed by atoms with Gasteiger partial charge in [0.2, 0.25) is 0 Å². The van der Waals surface area contributed by atoms with E-state index in [1.165, 1.54) is 35.5 Å². The summed E-state index contributed by atoms with van der Waals surface area (Å²) in [6.45, 7) is 0. The first-order chi connectivity index (χ1) is 11.0. The fourth-order valence-electron chi connectivity index (χ4n) is 4.06. The standard InChI is InChI=1S/C17H17F2N3O/c1-22-8-12(15(21-22)16(18)19)17(23)20-13-4-2-3-11-9-5-6-10(7-9)14(11)13/h2-4,8-10,16H,5-7H2,1H3,(H,20,23)/t9-,10+/m1/s1. The Morgan fingerprint density at radius 2 is 2.13 bits per heavy atom. The van der Waals surface area contributed by atoms with Gasteiger partial charge < -0.3 is 5.32 Å². The highest BCUT2D eigenvalue weighted by Crippen LogP contribution is 2.55. The molecule has 2 aliphatic rings. The Morgan fingerprint density at radius 3 is 2.91 bits per heavy atom. The maximum atomic E-state index is 13.0. The predicted molar refractivity (Wildman–Crippen MR) is 81.9 cm³/mol. The van der Waals surface area contributed by atoms with Crippen molar-refractivity contribution in [2.24, 2.45) is 7.05 Å². The molecule has 0 spiro atoms. The van der Waals surface area contributed by atoms with Crippen LogP contribution in [-0.4, -0.2) is 15.7 Å². The predicted octanol–water partition coefficient (Wildman–Crippen LogP) is 3.97. The minimum absolute atomic E-state index is 0.0664. The number of hydrogen-bond acceptors (Lipinski definition) is 2. The third-order valence-corrected chi connectivity index (χ3v) is 4.98. The van der Waals surface area contributed by atoms with E-state index in [1.54, 1.807) is 0 Å². The Hall–Kier alpha value is -2.24. The number of alkyl halides is 2. The van der Waals surface area contributed by atoms with Gasteiger partial charge >= 0.3 is 0 Å². The molecule has 23 heavy (non-hydrogen) atoms. The largest absolute Gasteiger partial charge is 0.322 e. The van der Waals surface area contributed by atoms with Crippen molar-refractivity contribution in [1.82, 2.24) is 9.78 Å². The molecule has 0 saturated heterocycles. The van der Waals surface area contributed by atoms with Gasteiger partial charge in [0.1, 0.15) is 5.69 Å². The Labute approximate surface area is 132 Å². The summed E-state index contributed by atoms with van der Waals surface area (Å²) in [5.74, 6) is 0.543. The highest BCUT2D eigenvalue weighted by atomic mass is 19.3. The summed E-state index contributed by atoms with van der Waals surface area (Å²) in [7, 11) is 1.53. The summed E-state index contributed by atoms with van der Waals surface area (Å²) in [5, 5.41) is 6.52. The van der Waals surface area contributed by atoms with Crippen LogP contribution in [0, 0.1) is 0 Å². The number of halogens is 2. The van der Waals surface area contributed by atoms with Crippen LogP contribution in [0.15, 0.2) is 24.4 Å². The monoisotopic (exact) mass is 317 g/mol. The number of carbonyl (C=O) groups excluding carboxylic acids is 1. The molecule has 1 saturated carbocycles. The van der Waals surface area contributed by atoms with Gasteiger partial charge in [-0.1, -0.05) is 12.1 Å². The Morgan fingerprint density at radius 1 is 1.35 bits per heavy atom. The van der Waals surface area contributed by atoms with Crippen molar-refractivity contribution in [2.45, 2.75) is 37.5 Å². The molecule has 1 amide bonds. The Balaban J connectivity index is 1.66. The second-order valence-electron chi connectivity index (χ2n) is 6.37. The molecule has 1 heterocycles. The van der Waals surface area contributed by atoms with Crippen LogP contribution >= 0.6 is 0 Å². The molecule has 1 N–H and O–H groups in total. The summed E-state index contributed by atoms with van der Waals surface area (Å²) in [4.78, 5) is 12.5. The molecule has 1 aromatic heterocycles. The number of nitrogens with zero attached hydrogens (tertiary/aromatic N) is 2. The smallest absolute Gasteiger partial charge is 0.282 e. The highest BCUT2D eigenvalue weighted by molar-refractivity contribution is 6.05. The number of rotatable bonds is 3. The molecule has 4 nitrogen and oxygen atoms in total. The van der Waals surface area contributed by atoms with E-state index in [9.17, 15) is 13.6 Å². The minimum Gasteiger partial charge on any atom is -0.322 e. The quantitative estimate of drug-likeness (QED) is 0.931. The molecule has 0 aliphatic heterocycles. The van der Waals surface area contributed by atoms with Crippen LogP contribution in [-0.2, 0) is 7.05 Å². The molecule has 1 aromatic carbocycles. The molecule has 2 aromatic rings. The SMILES string of the molecule is Cn1cc(C(=O)Nc2cccc3c2[C@H]2CC[C@@H]3C2)c(C(F)F)n1.